The minimum Gasteiger partial charge on any atom is -0.391 e. The van der Waals surface area contributed by atoms with Crippen LogP contribution < -0.4 is 10.6 Å². The van der Waals surface area contributed by atoms with E-state index >= 15 is 0 Å². The van der Waals surface area contributed by atoms with E-state index in [1.807, 2.05) is 19.2 Å². The van der Waals surface area contributed by atoms with Crippen LogP contribution in [0.3, 0.4) is 0 Å². The van der Waals surface area contributed by atoms with Crippen LogP contribution in [0.5, 0.6) is 0 Å². The molecule has 10 heteroatoms. The molecule has 1 saturated carbocycles. The molecule has 0 spiro atoms. The predicted octanol–water partition coefficient (Wildman–Crippen LogP) is 2.97. The number of nitrogens with zero attached hydrogens (tertiary/aromatic N) is 4. The second-order valence-corrected chi connectivity index (χ2v) is 7.57. The second kappa shape index (κ2) is 8.76. The molecule has 3 aromatic rings. The molecule has 2 aromatic heterocycles. The number of aliphatic hydroxyl groups excluding tert-OH is 1. The number of hydrogen-bond donors (Lipinski definition) is 3. The third-order valence-corrected chi connectivity index (χ3v) is 5.39. The summed E-state index contributed by atoms with van der Waals surface area (Å²) in [5.41, 5.74) is 0.924. The first-order valence-corrected chi connectivity index (χ1v) is 9.92. The summed E-state index contributed by atoms with van der Waals surface area (Å²) in [6.45, 7) is 0. The monoisotopic (exact) mass is 428 g/mol. The van der Waals surface area contributed by atoms with Crippen LogP contribution in [0.4, 0.5) is 19.3 Å². The lowest BCUT2D eigenvalue weighted by atomic mass is 9.83. The lowest BCUT2D eigenvalue weighted by Gasteiger charge is -2.33. The van der Waals surface area contributed by atoms with Crippen molar-refractivity contribution in [3.05, 3.63) is 60.2 Å². The summed E-state index contributed by atoms with van der Waals surface area (Å²) in [5.74, 6) is -0.733. The SMILES string of the molecule is Cn1nc(-c2cccnc2)nc1[C@H]1CC[C@@H](O)[C@H](NC(=O)Nc2ccc(F)c(F)c2)C1. The molecule has 1 aliphatic carbocycles. The van der Waals surface area contributed by atoms with Crippen molar-refractivity contribution in [2.75, 3.05) is 5.32 Å². The van der Waals surface area contributed by atoms with Crippen molar-refractivity contribution in [3.8, 4) is 11.4 Å². The van der Waals surface area contributed by atoms with Crippen LogP contribution in [0.2, 0.25) is 0 Å². The molecule has 162 valence electrons. The Labute approximate surface area is 177 Å². The molecule has 2 amide bonds. The van der Waals surface area contributed by atoms with Crippen molar-refractivity contribution in [1.29, 1.82) is 0 Å². The van der Waals surface area contributed by atoms with Gasteiger partial charge in [-0.2, -0.15) is 5.10 Å². The molecular formula is C21H22F2N6O2. The molecule has 1 aromatic carbocycles. The molecule has 3 atom stereocenters. The summed E-state index contributed by atoms with van der Waals surface area (Å²) in [5, 5.41) is 20.0. The number of carbonyl (C=O) groups is 1. The Morgan fingerprint density at radius 1 is 1.23 bits per heavy atom. The first-order chi connectivity index (χ1) is 14.9. The average Bonchev–Trinajstić information content (AvgIpc) is 3.15. The van der Waals surface area contributed by atoms with Gasteiger partial charge in [-0.3, -0.25) is 9.67 Å². The van der Waals surface area contributed by atoms with Crippen molar-refractivity contribution in [1.82, 2.24) is 25.1 Å². The maximum absolute atomic E-state index is 13.3. The third-order valence-electron chi connectivity index (χ3n) is 5.39. The Kier molecular flexibility index (Phi) is 5.90. The van der Waals surface area contributed by atoms with Crippen LogP contribution in [0.15, 0.2) is 42.7 Å². The van der Waals surface area contributed by atoms with E-state index in [1.165, 1.54) is 6.07 Å². The number of aryl methyl sites for hydroxylation is 1. The number of benzene rings is 1. The molecule has 0 bridgehead atoms. The van der Waals surface area contributed by atoms with Gasteiger partial charge in [-0.15, -0.1) is 0 Å². The Hall–Kier alpha value is -3.40. The molecule has 31 heavy (non-hydrogen) atoms. The Morgan fingerprint density at radius 3 is 2.81 bits per heavy atom. The number of aromatic nitrogens is 4. The number of pyridine rings is 1. The van der Waals surface area contributed by atoms with Gasteiger partial charge in [0.25, 0.3) is 0 Å². The van der Waals surface area contributed by atoms with E-state index in [2.05, 4.69) is 25.7 Å². The number of hydrogen-bond acceptors (Lipinski definition) is 5. The zero-order chi connectivity index (χ0) is 22.0. The maximum Gasteiger partial charge on any atom is 0.319 e. The Morgan fingerprint density at radius 2 is 2.06 bits per heavy atom. The first kappa shape index (κ1) is 20.9. The number of aliphatic hydroxyl groups is 1. The molecule has 0 unspecified atom stereocenters. The first-order valence-electron chi connectivity index (χ1n) is 9.92. The summed E-state index contributed by atoms with van der Waals surface area (Å²) in [7, 11) is 1.81. The Bertz CT molecular complexity index is 1070. The quantitative estimate of drug-likeness (QED) is 0.593. The van der Waals surface area contributed by atoms with Gasteiger partial charge in [0.15, 0.2) is 17.5 Å². The lowest BCUT2D eigenvalue weighted by molar-refractivity contribution is 0.0862. The number of urea groups is 1. The minimum atomic E-state index is -1.05. The normalized spacial score (nSPS) is 21.0. The fraction of sp³-hybridized carbons (Fsp3) is 0.333. The average molecular weight is 428 g/mol. The van der Waals surface area contributed by atoms with Crippen LogP contribution in [0.25, 0.3) is 11.4 Å². The standard InChI is InChI=1S/C21H22F2N6O2/c1-29-20(27-19(28-29)13-3-2-8-24-11-13)12-4-7-18(30)17(9-12)26-21(31)25-14-5-6-15(22)16(23)10-14/h2-3,5-6,8,10-12,17-18,30H,4,7,9H2,1H3,(H2,25,26,31)/t12-,17+,18+/m0/s1. The zero-order valence-electron chi connectivity index (χ0n) is 16.8. The summed E-state index contributed by atoms with van der Waals surface area (Å²) < 4.78 is 28.1. The Balaban J connectivity index is 1.44. The van der Waals surface area contributed by atoms with E-state index in [0.29, 0.717) is 25.1 Å². The van der Waals surface area contributed by atoms with Crippen molar-refractivity contribution >= 4 is 11.7 Å². The summed E-state index contributed by atoms with van der Waals surface area (Å²) in [6, 6.07) is 5.65. The van der Waals surface area contributed by atoms with Gasteiger partial charge < -0.3 is 15.7 Å². The van der Waals surface area contributed by atoms with Crippen molar-refractivity contribution in [3.63, 3.8) is 0 Å². The molecular weight excluding hydrogens is 406 g/mol. The van der Waals surface area contributed by atoms with E-state index in [1.54, 1.807) is 17.1 Å². The van der Waals surface area contributed by atoms with Crippen LogP contribution in [-0.2, 0) is 7.05 Å². The molecule has 1 fully saturated rings. The molecule has 0 radical (unpaired) electrons. The summed E-state index contributed by atoms with van der Waals surface area (Å²) >= 11 is 0. The molecule has 1 aliphatic rings. The zero-order valence-corrected chi connectivity index (χ0v) is 16.8. The molecule has 4 rings (SSSR count). The molecule has 0 saturated heterocycles. The van der Waals surface area contributed by atoms with E-state index in [0.717, 1.165) is 23.5 Å². The highest BCUT2D eigenvalue weighted by atomic mass is 19.2. The van der Waals surface area contributed by atoms with Crippen LogP contribution in [-0.4, -0.2) is 43.0 Å². The fourth-order valence-corrected chi connectivity index (χ4v) is 3.82. The lowest BCUT2D eigenvalue weighted by Crippen LogP contribution is -2.48. The molecule has 2 heterocycles. The maximum atomic E-state index is 13.3. The second-order valence-electron chi connectivity index (χ2n) is 7.57. The van der Waals surface area contributed by atoms with Crippen LogP contribution >= 0.6 is 0 Å². The highest BCUT2D eigenvalue weighted by molar-refractivity contribution is 5.89. The number of halogens is 2. The van der Waals surface area contributed by atoms with Crippen molar-refractivity contribution in [2.45, 2.75) is 37.3 Å². The van der Waals surface area contributed by atoms with Crippen LogP contribution in [0.1, 0.15) is 31.0 Å². The van der Waals surface area contributed by atoms with Gasteiger partial charge in [0, 0.05) is 42.7 Å². The van der Waals surface area contributed by atoms with Gasteiger partial charge in [-0.25, -0.2) is 18.6 Å². The summed E-state index contributed by atoms with van der Waals surface area (Å²) in [4.78, 5) is 21.1. The largest absolute Gasteiger partial charge is 0.391 e. The number of carbonyl (C=O) groups excluding carboxylic acids is 1. The van der Waals surface area contributed by atoms with Gasteiger partial charge in [-0.05, 0) is 43.5 Å². The number of anilines is 1. The van der Waals surface area contributed by atoms with Crippen LogP contribution in [0, 0.1) is 11.6 Å². The van der Waals surface area contributed by atoms with Crippen molar-refractivity contribution < 1.29 is 18.7 Å². The molecule has 8 nitrogen and oxygen atoms in total. The van der Waals surface area contributed by atoms with Gasteiger partial charge in [0.05, 0.1) is 12.1 Å². The fourth-order valence-electron chi connectivity index (χ4n) is 3.82. The predicted molar refractivity (Wildman–Crippen MR) is 109 cm³/mol. The third kappa shape index (κ3) is 4.69. The highest BCUT2D eigenvalue weighted by Crippen LogP contribution is 2.33. The number of amides is 2. The van der Waals surface area contributed by atoms with Gasteiger partial charge in [-0.1, -0.05) is 0 Å². The number of rotatable bonds is 4. The number of nitrogens with one attached hydrogen (secondary N) is 2. The van der Waals surface area contributed by atoms with Crippen molar-refractivity contribution in [2.24, 2.45) is 7.05 Å². The minimum absolute atomic E-state index is 0.0140. The van der Waals surface area contributed by atoms with E-state index in [4.69, 9.17) is 0 Å². The van der Waals surface area contributed by atoms with Gasteiger partial charge >= 0.3 is 6.03 Å². The molecule has 0 aliphatic heterocycles. The van der Waals surface area contributed by atoms with E-state index in [-0.39, 0.29) is 11.6 Å². The topological polar surface area (TPSA) is 105 Å². The summed E-state index contributed by atoms with van der Waals surface area (Å²) in [6.07, 6.45) is 4.29. The smallest absolute Gasteiger partial charge is 0.319 e. The van der Waals surface area contributed by atoms with Gasteiger partial charge in [0.1, 0.15) is 5.82 Å². The van der Waals surface area contributed by atoms with Gasteiger partial charge in [0.2, 0.25) is 0 Å². The highest BCUT2D eigenvalue weighted by Gasteiger charge is 2.33. The van der Waals surface area contributed by atoms with E-state index in [9.17, 15) is 18.7 Å². The van der Waals surface area contributed by atoms with E-state index < -0.39 is 29.8 Å². The molecule has 3 N–H and O–H groups in total.